The van der Waals surface area contributed by atoms with Crippen molar-refractivity contribution in [3.05, 3.63) is 88.8 Å². The van der Waals surface area contributed by atoms with Gasteiger partial charge in [-0.2, -0.15) is 0 Å². The average molecular weight is 321 g/mol. The molecule has 1 heterocycles. The molecule has 2 aromatic rings. The molecular formula is C19H15NO2S. The summed E-state index contributed by atoms with van der Waals surface area (Å²) in [6.07, 6.45) is 5.41. The predicted octanol–water partition coefficient (Wildman–Crippen LogP) is 4.48. The van der Waals surface area contributed by atoms with Crippen LogP contribution in [0.2, 0.25) is 0 Å². The van der Waals surface area contributed by atoms with E-state index in [1.165, 1.54) is 4.90 Å². The Labute approximate surface area is 139 Å². The third-order valence-electron chi connectivity index (χ3n) is 3.39. The van der Waals surface area contributed by atoms with Crippen molar-refractivity contribution in [1.82, 2.24) is 4.90 Å². The SMILES string of the molecule is O=C1S/C(=C\C=C\c2ccccc2)C(=O)N1Cc1ccccc1. The first-order valence-electron chi connectivity index (χ1n) is 7.25. The first-order chi connectivity index (χ1) is 11.2. The largest absolute Gasteiger partial charge is 0.293 e. The summed E-state index contributed by atoms with van der Waals surface area (Å²) in [5.74, 6) is -0.235. The van der Waals surface area contributed by atoms with Crippen LogP contribution in [0.3, 0.4) is 0 Å². The highest BCUT2D eigenvalue weighted by Gasteiger charge is 2.34. The summed E-state index contributed by atoms with van der Waals surface area (Å²) >= 11 is 0.983. The second-order valence-corrected chi connectivity index (χ2v) is 6.04. The van der Waals surface area contributed by atoms with Crippen LogP contribution in [-0.4, -0.2) is 16.0 Å². The minimum Gasteiger partial charge on any atom is -0.268 e. The second-order valence-electron chi connectivity index (χ2n) is 5.05. The molecule has 3 rings (SSSR count). The molecule has 0 unspecified atom stereocenters. The molecule has 0 radical (unpaired) electrons. The molecule has 1 aliphatic rings. The molecule has 1 aliphatic heterocycles. The van der Waals surface area contributed by atoms with Gasteiger partial charge in [-0.3, -0.25) is 14.5 Å². The molecule has 4 heteroatoms. The van der Waals surface area contributed by atoms with Crippen LogP contribution in [0.15, 0.2) is 77.7 Å². The Morgan fingerprint density at radius 3 is 2.26 bits per heavy atom. The summed E-state index contributed by atoms with van der Waals surface area (Å²) in [7, 11) is 0. The lowest BCUT2D eigenvalue weighted by atomic mass is 10.2. The topological polar surface area (TPSA) is 37.4 Å². The van der Waals surface area contributed by atoms with Crippen molar-refractivity contribution in [3.63, 3.8) is 0 Å². The Hall–Kier alpha value is -2.59. The van der Waals surface area contributed by atoms with Gasteiger partial charge in [-0.05, 0) is 29.0 Å². The van der Waals surface area contributed by atoms with Gasteiger partial charge < -0.3 is 0 Å². The molecule has 2 amide bonds. The Balaban J connectivity index is 1.71. The van der Waals surface area contributed by atoms with Crippen molar-refractivity contribution in [2.45, 2.75) is 6.54 Å². The van der Waals surface area contributed by atoms with E-state index in [0.29, 0.717) is 11.4 Å². The highest BCUT2D eigenvalue weighted by molar-refractivity contribution is 8.18. The van der Waals surface area contributed by atoms with Gasteiger partial charge in [-0.25, -0.2) is 0 Å². The predicted molar refractivity (Wildman–Crippen MR) is 93.5 cm³/mol. The molecule has 0 bridgehead atoms. The Morgan fingerprint density at radius 2 is 1.57 bits per heavy atom. The number of benzene rings is 2. The van der Waals surface area contributed by atoms with Crippen LogP contribution >= 0.6 is 11.8 Å². The zero-order valence-corrected chi connectivity index (χ0v) is 13.2. The fourth-order valence-electron chi connectivity index (χ4n) is 2.23. The fraction of sp³-hybridized carbons (Fsp3) is 0.0526. The van der Waals surface area contributed by atoms with E-state index >= 15 is 0 Å². The standard InChI is InChI=1S/C19H15NO2S/c21-18-17(13-7-12-15-8-3-1-4-9-15)23-19(22)20(18)14-16-10-5-2-6-11-16/h1-13H,14H2/b12-7+,17-13-. The second kappa shape index (κ2) is 7.11. The smallest absolute Gasteiger partial charge is 0.268 e. The minimum absolute atomic E-state index is 0.224. The minimum atomic E-state index is -0.235. The maximum atomic E-state index is 12.3. The lowest BCUT2D eigenvalue weighted by Gasteiger charge is -2.11. The van der Waals surface area contributed by atoms with Crippen LogP contribution in [0.5, 0.6) is 0 Å². The highest BCUT2D eigenvalue weighted by atomic mass is 32.2. The van der Waals surface area contributed by atoms with E-state index in [4.69, 9.17) is 0 Å². The number of hydrogen-bond donors (Lipinski definition) is 0. The molecule has 0 aliphatic carbocycles. The zero-order valence-electron chi connectivity index (χ0n) is 12.4. The van der Waals surface area contributed by atoms with E-state index in [9.17, 15) is 9.59 Å². The normalized spacial score (nSPS) is 16.7. The summed E-state index contributed by atoms with van der Waals surface area (Å²) in [6, 6.07) is 19.3. The van der Waals surface area contributed by atoms with E-state index in [2.05, 4.69) is 0 Å². The Morgan fingerprint density at radius 1 is 0.913 bits per heavy atom. The van der Waals surface area contributed by atoms with E-state index < -0.39 is 0 Å². The van der Waals surface area contributed by atoms with E-state index in [1.54, 1.807) is 12.2 Å². The van der Waals surface area contributed by atoms with Gasteiger partial charge >= 0.3 is 0 Å². The van der Waals surface area contributed by atoms with Gasteiger partial charge in [0.05, 0.1) is 11.4 Å². The molecule has 0 aromatic heterocycles. The average Bonchev–Trinajstić information content (AvgIpc) is 2.85. The first kappa shape index (κ1) is 15.3. The number of carbonyl (C=O) groups is 2. The van der Waals surface area contributed by atoms with Crippen LogP contribution in [0.1, 0.15) is 11.1 Å². The quantitative estimate of drug-likeness (QED) is 0.779. The maximum Gasteiger partial charge on any atom is 0.293 e. The van der Waals surface area contributed by atoms with Crippen molar-refractivity contribution in [2.24, 2.45) is 0 Å². The molecule has 0 atom stereocenters. The van der Waals surface area contributed by atoms with Crippen molar-refractivity contribution < 1.29 is 9.59 Å². The van der Waals surface area contributed by atoms with Gasteiger partial charge in [-0.15, -0.1) is 0 Å². The number of hydrogen-bond acceptors (Lipinski definition) is 3. The van der Waals surface area contributed by atoms with Gasteiger partial charge in [0.1, 0.15) is 0 Å². The number of carbonyl (C=O) groups excluding carboxylic acids is 2. The monoisotopic (exact) mass is 321 g/mol. The number of nitrogens with zero attached hydrogens (tertiary/aromatic N) is 1. The van der Waals surface area contributed by atoms with Crippen molar-refractivity contribution >= 4 is 29.0 Å². The van der Waals surface area contributed by atoms with Crippen LogP contribution in [0.4, 0.5) is 4.79 Å². The number of allylic oxidation sites excluding steroid dienone is 2. The van der Waals surface area contributed by atoms with Crippen LogP contribution in [-0.2, 0) is 11.3 Å². The van der Waals surface area contributed by atoms with E-state index in [1.807, 2.05) is 66.7 Å². The first-order valence-corrected chi connectivity index (χ1v) is 8.07. The molecule has 1 saturated heterocycles. The molecule has 1 fully saturated rings. The lowest BCUT2D eigenvalue weighted by Crippen LogP contribution is -2.27. The van der Waals surface area contributed by atoms with Gasteiger partial charge in [0, 0.05) is 0 Å². The Kier molecular flexibility index (Phi) is 4.74. The van der Waals surface area contributed by atoms with Gasteiger partial charge in [-0.1, -0.05) is 72.8 Å². The van der Waals surface area contributed by atoms with Gasteiger partial charge in [0.25, 0.3) is 11.1 Å². The molecular weight excluding hydrogens is 306 g/mol. The van der Waals surface area contributed by atoms with Gasteiger partial charge in [0.15, 0.2) is 0 Å². The van der Waals surface area contributed by atoms with Crippen molar-refractivity contribution in [1.29, 1.82) is 0 Å². The van der Waals surface area contributed by atoms with Crippen LogP contribution in [0, 0.1) is 0 Å². The summed E-state index contributed by atoms with van der Waals surface area (Å²) in [4.78, 5) is 26.1. The highest BCUT2D eigenvalue weighted by Crippen LogP contribution is 2.31. The summed E-state index contributed by atoms with van der Waals surface area (Å²) < 4.78 is 0. The molecule has 0 saturated carbocycles. The molecule has 114 valence electrons. The van der Waals surface area contributed by atoms with Crippen molar-refractivity contribution in [3.8, 4) is 0 Å². The maximum absolute atomic E-state index is 12.3. The Bertz CT molecular complexity index is 766. The van der Waals surface area contributed by atoms with Crippen LogP contribution in [0.25, 0.3) is 6.08 Å². The number of thioether (sulfide) groups is 1. The van der Waals surface area contributed by atoms with E-state index in [-0.39, 0.29) is 11.1 Å². The van der Waals surface area contributed by atoms with E-state index in [0.717, 1.165) is 22.9 Å². The summed E-state index contributed by atoms with van der Waals surface area (Å²) in [6.45, 7) is 0.311. The molecule has 23 heavy (non-hydrogen) atoms. The van der Waals surface area contributed by atoms with Crippen molar-refractivity contribution in [2.75, 3.05) is 0 Å². The van der Waals surface area contributed by atoms with Crippen LogP contribution < -0.4 is 0 Å². The number of imide groups is 1. The lowest BCUT2D eigenvalue weighted by molar-refractivity contribution is -0.123. The molecule has 2 aromatic carbocycles. The van der Waals surface area contributed by atoms with Gasteiger partial charge in [0.2, 0.25) is 0 Å². The third-order valence-corrected chi connectivity index (χ3v) is 4.32. The molecule has 3 nitrogen and oxygen atoms in total. The zero-order chi connectivity index (χ0) is 16.1. The fourth-order valence-corrected chi connectivity index (χ4v) is 3.02. The molecule has 0 spiro atoms. The number of rotatable bonds is 4. The summed E-state index contributed by atoms with van der Waals surface area (Å²) in [5, 5.41) is -0.224. The number of amides is 2. The molecule has 0 N–H and O–H groups in total. The summed E-state index contributed by atoms with van der Waals surface area (Å²) in [5.41, 5.74) is 1.99. The third kappa shape index (κ3) is 3.79.